The number of rotatable bonds is 6. The fourth-order valence-corrected chi connectivity index (χ4v) is 4.15. The van der Waals surface area contributed by atoms with Gasteiger partial charge in [0.15, 0.2) is 11.4 Å². The quantitative estimate of drug-likeness (QED) is 0.347. The van der Waals surface area contributed by atoms with Crippen LogP contribution < -0.4 is 4.74 Å². The SMILES string of the molecule is CC(C)(C)c1cc(-c2csc(-n3cccc3C=O)n2)ccc1OCc1ccccc1. The first-order valence-corrected chi connectivity index (χ1v) is 10.7. The topological polar surface area (TPSA) is 44.1 Å². The Morgan fingerprint density at radius 2 is 1.87 bits per heavy atom. The summed E-state index contributed by atoms with van der Waals surface area (Å²) >= 11 is 1.52. The normalized spacial score (nSPS) is 11.4. The van der Waals surface area contributed by atoms with E-state index in [1.54, 1.807) is 6.07 Å². The van der Waals surface area contributed by atoms with Gasteiger partial charge < -0.3 is 4.74 Å². The molecule has 0 spiro atoms. The van der Waals surface area contributed by atoms with Gasteiger partial charge in [-0.05, 0) is 41.3 Å². The van der Waals surface area contributed by atoms with Crippen LogP contribution in [0, 0.1) is 0 Å². The lowest BCUT2D eigenvalue weighted by Crippen LogP contribution is -2.13. The molecule has 0 fully saturated rings. The molecule has 0 aliphatic carbocycles. The van der Waals surface area contributed by atoms with Crippen molar-refractivity contribution in [2.24, 2.45) is 0 Å². The molecule has 0 radical (unpaired) electrons. The largest absolute Gasteiger partial charge is 0.489 e. The molecule has 0 aliphatic heterocycles. The third-order valence-corrected chi connectivity index (χ3v) is 5.76. The van der Waals surface area contributed by atoms with Crippen molar-refractivity contribution in [2.45, 2.75) is 32.8 Å². The van der Waals surface area contributed by atoms with Crippen LogP contribution in [0.4, 0.5) is 0 Å². The number of nitrogens with zero attached hydrogens (tertiary/aromatic N) is 2. The van der Waals surface area contributed by atoms with Gasteiger partial charge in [0.1, 0.15) is 12.4 Å². The van der Waals surface area contributed by atoms with Crippen molar-refractivity contribution < 1.29 is 9.53 Å². The van der Waals surface area contributed by atoms with E-state index in [-0.39, 0.29) is 5.41 Å². The smallest absolute Gasteiger partial charge is 0.194 e. The second kappa shape index (κ2) is 8.28. The van der Waals surface area contributed by atoms with E-state index in [0.29, 0.717) is 12.3 Å². The van der Waals surface area contributed by atoms with Gasteiger partial charge in [-0.3, -0.25) is 9.36 Å². The molecule has 2 aromatic heterocycles. The molecule has 0 unspecified atom stereocenters. The lowest BCUT2D eigenvalue weighted by Gasteiger charge is -2.23. The van der Waals surface area contributed by atoms with Crippen LogP contribution in [0.2, 0.25) is 0 Å². The maximum Gasteiger partial charge on any atom is 0.194 e. The molecule has 5 heteroatoms. The molecule has 0 bridgehead atoms. The molecule has 0 amide bonds. The third-order valence-electron chi connectivity index (χ3n) is 4.92. The number of carbonyl (C=O) groups is 1. The summed E-state index contributed by atoms with van der Waals surface area (Å²) in [4.78, 5) is 16.0. The number of benzene rings is 2. The number of carbonyl (C=O) groups excluding carboxylic acids is 1. The van der Waals surface area contributed by atoms with Crippen molar-refractivity contribution in [3.63, 3.8) is 0 Å². The van der Waals surface area contributed by atoms with Crippen LogP contribution in [0.15, 0.2) is 72.2 Å². The third kappa shape index (κ3) is 4.21. The van der Waals surface area contributed by atoms with E-state index in [1.807, 2.05) is 52.5 Å². The predicted molar refractivity (Wildman–Crippen MR) is 122 cm³/mol. The Morgan fingerprint density at radius 1 is 1.07 bits per heavy atom. The van der Waals surface area contributed by atoms with Crippen molar-refractivity contribution in [3.05, 3.63) is 89.1 Å². The van der Waals surface area contributed by atoms with Gasteiger partial charge in [0.25, 0.3) is 0 Å². The molecule has 2 heterocycles. The summed E-state index contributed by atoms with van der Waals surface area (Å²) in [6, 6.07) is 20.1. The highest BCUT2D eigenvalue weighted by molar-refractivity contribution is 7.12. The van der Waals surface area contributed by atoms with Gasteiger partial charge in [-0.15, -0.1) is 11.3 Å². The molecule has 0 N–H and O–H groups in total. The van der Waals surface area contributed by atoms with Crippen LogP contribution >= 0.6 is 11.3 Å². The summed E-state index contributed by atoms with van der Waals surface area (Å²) in [6.45, 7) is 7.09. The summed E-state index contributed by atoms with van der Waals surface area (Å²) in [7, 11) is 0. The monoisotopic (exact) mass is 416 g/mol. The maximum atomic E-state index is 11.2. The number of ether oxygens (including phenoxy) is 1. The van der Waals surface area contributed by atoms with Gasteiger partial charge in [0, 0.05) is 22.7 Å². The Bertz CT molecular complexity index is 1150. The molecule has 30 heavy (non-hydrogen) atoms. The van der Waals surface area contributed by atoms with E-state index < -0.39 is 0 Å². The van der Waals surface area contributed by atoms with Crippen molar-refractivity contribution in [1.82, 2.24) is 9.55 Å². The van der Waals surface area contributed by atoms with E-state index in [9.17, 15) is 4.79 Å². The highest BCUT2D eigenvalue weighted by Gasteiger charge is 2.21. The molecule has 2 aromatic carbocycles. The van der Waals surface area contributed by atoms with Crippen molar-refractivity contribution >= 4 is 17.6 Å². The summed E-state index contributed by atoms with van der Waals surface area (Å²) in [6.07, 6.45) is 2.70. The van der Waals surface area contributed by atoms with Crippen LogP contribution in [-0.4, -0.2) is 15.8 Å². The predicted octanol–water partition coefficient (Wildman–Crippen LogP) is 6.29. The molecule has 0 atom stereocenters. The Hall–Kier alpha value is -3.18. The number of thiazole rings is 1. The van der Waals surface area contributed by atoms with Crippen LogP contribution in [0.1, 0.15) is 42.4 Å². The van der Waals surface area contributed by atoms with Gasteiger partial charge >= 0.3 is 0 Å². The summed E-state index contributed by atoms with van der Waals surface area (Å²) in [5.74, 6) is 0.888. The van der Waals surface area contributed by atoms with Crippen molar-refractivity contribution in [1.29, 1.82) is 0 Å². The Labute approximate surface area is 180 Å². The van der Waals surface area contributed by atoms with Gasteiger partial charge in [0.05, 0.1) is 11.4 Å². The fourth-order valence-electron chi connectivity index (χ4n) is 3.31. The summed E-state index contributed by atoms with van der Waals surface area (Å²) in [5.41, 5.74) is 4.72. The first-order chi connectivity index (χ1) is 14.5. The van der Waals surface area contributed by atoms with Gasteiger partial charge in [0.2, 0.25) is 0 Å². The average Bonchev–Trinajstić information content (AvgIpc) is 3.41. The van der Waals surface area contributed by atoms with Crippen LogP contribution in [0.3, 0.4) is 0 Å². The second-order valence-corrected chi connectivity index (χ2v) is 9.01. The zero-order valence-corrected chi connectivity index (χ0v) is 18.1. The van der Waals surface area contributed by atoms with Gasteiger partial charge in [-0.2, -0.15) is 0 Å². The number of hydrogen-bond donors (Lipinski definition) is 0. The van der Waals surface area contributed by atoms with E-state index >= 15 is 0 Å². The lowest BCUT2D eigenvalue weighted by molar-refractivity contribution is 0.111. The van der Waals surface area contributed by atoms with E-state index in [0.717, 1.165) is 39.6 Å². The Balaban J connectivity index is 1.64. The molecule has 152 valence electrons. The highest BCUT2D eigenvalue weighted by Crippen LogP contribution is 2.36. The molecule has 0 saturated heterocycles. The highest BCUT2D eigenvalue weighted by atomic mass is 32.1. The number of hydrogen-bond acceptors (Lipinski definition) is 4. The molecule has 0 aliphatic rings. The number of aldehydes is 1. The Kier molecular flexibility index (Phi) is 5.55. The molecular formula is C25H24N2O2S. The molecule has 4 nitrogen and oxygen atoms in total. The maximum absolute atomic E-state index is 11.2. The van der Waals surface area contributed by atoms with Gasteiger partial charge in [-0.25, -0.2) is 4.98 Å². The number of aromatic nitrogens is 2. The van der Waals surface area contributed by atoms with Crippen LogP contribution in [0.25, 0.3) is 16.4 Å². The van der Waals surface area contributed by atoms with Crippen LogP contribution in [-0.2, 0) is 12.0 Å². The fraction of sp³-hybridized carbons (Fsp3) is 0.200. The van der Waals surface area contributed by atoms with Gasteiger partial charge in [-0.1, -0.05) is 51.1 Å². The van der Waals surface area contributed by atoms with Crippen molar-refractivity contribution in [3.8, 4) is 22.1 Å². The zero-order chi connectivity index (χ0) is 21.1. The molecule has 4 rings (SSSR count). The van der Waals surface area contributed by atoms with E-state index in [4.69, 9.17) is 9.72 Å². The first-order valence-electron chi connectivity index (χ1n) is 9.86. The van der Waals surface area contributed by atoms with E-state index in [1.165, 1.54) is 11.3 Å². The second-order valence-electron chi connectivity index (χ2n) is 8.17. The minimum Gasteiger partial charge on any atom is -0.489 e. The summed E-state index contributed by atoms with van der Waals surface area (Å²) in [5, 5.41) is 2.80. The average molecular weight is 417 g/mol. The molecule has 0 saturated carbocycles. The molecule has 4 aromatic rings. The first kappa shape index (κ1) is 20.1. The standard InChI is InChI=1S/C25H24N2O2S/c1-25(2,3)21-14-19(11-12-23(21)29-16-18-8-5-4-6-9-18)22-17-30-24(26-22)27-13-7-10-20(27)15-28/h4-15,17H,16H2,1-3H3. The van der Waals surface area contributed by atoms with Crippen LogP contribution in [0.5, 0.6) is 5.75 Å². The minimum atomic E-state index is -0.0774. The lowest BCUT2D eigenvalue weighted by atomic mass is 9.85. The molecular weight excluding hydrogens is 392 g/mol. The zero-order valence-electron chi connectivity index (χ0n) is 17.3. The van der Waals surface area contributed by atoms with Crippen molar-refractivity contribution in [2.75, 3.05) is 0 Å². The van der Waals surface area contributed by atoms with E-state index in [2.05, 4.69) is 39.0 Å². The Morgan fingerprint density at radius 3 is 2.60 bits per heavy atom. The summed E-state index contributed by atoms with van der Waals surface area (Å²) < 4.78 is 7.98. The minimum absolute atomic E-state index is 0.0774.